The highest BCUT2D eigenvalue weighted by atomic mass is 16.5. The molecule has 1 N–H and O–H groups in total. The molecule has 0 radical (unpaired) electrons. The number of para-hydroxylation sites is 1. The molecule has 4 rings (SSSR count). The van der Waals surface area contributed by atoms with Crippen LogP contribution in [0.5, 0.6) is 0 Å². The van der Waals surface area contributed by atoms with Crippen molar-refractivity contribution >= 4 is 16.9 Å². The fourth-order valence-corrected chi connectivity index (χ4v) is 3.60. The van der Waals surface area contributed by atoms with Crippen molar-refractivity contribution < 1.29 is 16.4 Å². The molecule has 4 nitrogen and oxygen atoms in total. The molecule has 2 aromatic rings. The highest BCUT2D eigenvalue weighted by molar-refractivity contribution is 6.04. The Morgan fingerprint density at radius 3 is 2.81 bits per heavy atom. The summed E-state index contributed by atoms with van der Waals surface area (Å²) in [5.41, 5.74) is -0.0466. The SMILES string of the molecule is [2H]c1[nH]c2c([2H])c([2H])c([2H])c([2H])c2c1C(=O)OC1C[C@H]2CC[C@@H](C1)N2C. The minimum absolute atomic E-state index is 0.0295. The molecule has 0 saturated carbocycles. The molecular weight excluding hydrogens is 264 g/mol. The summed E-state index contributed by atoms with van der Waals surface area (Å²) in [6, 6.07) is -0.620. The average molecular weight is 289 g/mol. The van der Waals surface area contributed by atoms with E-state index in [1.807, 2.05) is 0 Å². The Hall–Kier alpha value is -1.81. The molecule has 2 aliphatic rings. The maximum absolute atomic E-state index is 12.8. The van der Waals surface area contributed by atoms with E-state index in [1.165, 1.54) is 0 Å². The van der Waals surface area contributed by atoms with Gasteiger partial charge in [0.2, 0.25) is 0 Å². The van der Waals surface area contributed by atoms with E-state index < -0.39 is 18.1 Å². The van der Waals surface area contributed by atoms with Crippen LogP contribution in [0.1, 0.15) is 42.9 Å². The lowest BCUT2D eigenvalue weighted by molar-refractivity contribution is -0.000258. The third-order valence-electron chi connectivity index (χ3n) is 4.78. The van der Waals surface area contributed by atoms with E-state index in [4.69, 9.17) is 11.6 Å². The van der Waals surface area contributed by atoms with Gasteiger partial charge in [0.15, 0.2) is 0 Å². The van der Waals surface area contributed by atoms with Crippen LogP contribution in [0.2, 0.25) is 0 Å². The smallest absolute Gasteiger partial charge is 0.340 e. The van der Waals surface area contributed by atoms with Gasteiger partial charge in [0.05, 0.1) is 12.4 Å². The summed E-state index contributed by atoms with van der Waals surface area (Å²) in [5, 5.41) is 0.0295. The maximum atomic E-state index is 12.8. The summed E-state index contributed by atoms with van der Waals surface area (Å²) in [7, 11) is 2.10. The minimum atomic E-state index is -0.694. The van der Waals surface area contributed by atoms with Gasteiger partial charge >= 0.3 is 5.97 Å². The number of esters is 1. The molecule has 2 aliphatic heterocycles. The first-order chi connectivity index (χ1) is 12.3. The second-order valence-corrected chi connectivity index (χ2v) is 5.92. The van der Waals surface area contributed by atoms with Crippen molar-refractivity contribution in [3.05, 3.63) is 35.9 Å². The zero-order valence-corrected chi connectivity index (χ0v) is 11.8. The van der Waals surface area contributed by atoms with Gasteiger partial charge in [-0.3, -0.25) is 0 Å². The van der Waals surface area contributed by atoms with Gasteiger partial charge in [-0.25, -0.2) is 4.79 Å². The number of H-pyrrole nitrogens is 1. The van der Waals surface area contributed by atoms with Crippen molar-refractivity contribution in [2.75, 3.05) is 7.05 Å². The van der Waals surface area contributed by atoms with Crippen molar-refractivity contribution in [2.24, 2.45) is 0 Å². The van der Waals surface area contributed by atoms with Gasteiger partial charge < -0.3 is 14.6 Å². The molecule has 4 heteroatoms. The fourth-order valence-electron chi connectivity index (χ4n) is 3.60. The van der Waals surface area contributed by atoms with Crippen molar-refractivity contribution in [3.63, 3.8) is 0 Å². The lowest BCUT2D eigenvalue weighted by Gasteiger charge is -2.35. The quantitative estimate of drug-likeness (QED) is 0.865. The zero-order valence-electron chi connectivity index (χ0n) is 16.8. The van der Waals surface area contributed by atoms with Crippen LogP contribution in [0.3, 0.4) is 0 Å². The number of hydrogen-bond donors (Lipinski definition) is 1. The Labute approximate surface area is 131 Å². The number of aromatic nitrogens is 1. The Kier molecular flexibility index (Phi) is 2.00. The predicted octanol–water partition coefficient (Wildman–Crippen LogP) is 2.95. The van der Waals surface area contributed by atoms with E-state index in [1.54, 1.807) is 0 Å². The highest BCUT2D eigenvalue weighted by Gasteiger charge is 2.40. The van der Waals surface area contributed by atoms with Crippen LogP contribution in [-0.2, 0) is 4.74 Å². The monoisotopic (exact) mass is 289 g/mol. The van der Waals surface area contributed by atoms with Gasteiger partial charge in [-0.2, -0.15) is 0 Å². The highest BCUT2D eigenvalue weighted by Crippen LogP contribution is 2.35. The fraction of sp³-hybridized carbons (Fsp3) is 0.471. The summed E-state index contributed by atoms with van der Waals surface area (Å²) in [6.07, 6.45) is 3.24. The molecule has 2 saturated heterocycles. The topological polar surface area (TPSA) is 45.3 Å². The average Bonchev–Trinajstić information content (AvgIpc) is 3.03. The molecule has 0 spiro atoms. The van der Waals surface area contributed by atoms with Crippen LogP contribution >= 0.6 is 0 Å². The lowest BCUT2D eigenvalue weighted by Crippen LogP contribution is -2.43. The third-order valence-corrected chi connectivity index (χ3v) is 4.78. The standard InChI is InChI=1S/C17H20N2O2/c1-19-11-6-7-12(19)9-13(8-11)21-17(20)15-10-18-16-5-3-2-4-14(15)16/h2-5,10-13,18H,6-9H2,1H3/t11-,12+,13?/i2D,3D,4D,5D,10D. The molecule has 3 atom stereocenters. The molecule has 1 unspecified atom stereocenters. The molecule has 21 heavy (non-hydrogen) atoms. The van der Waals surface area contributed by atoms with E-state index >= 15 is 0 Å². The number of fused-ring (bicyclic) bond motifs is 3. The number of piperidine rings is 1. The largest absolute Gasteiger partial charge is 0.459 e. The van der Waals surface area contributed by atoms with E-state index in [0.717, 1.165) is 25.7 Å². The predicted molar refractivity (Wildman–Crippen MR) is 81.3 cm³/mol. The first-order valence-electron chi connectivity index (χ1n) is 9.81. The summed E-state index contributed by atoms with van der Waals surface area (Å²) >= 11 is 0. The number of rotatable bonds is 2. The van der Waals surface area contributed by atoms with Gasteiger partial charge in [0, 0.05) is 42.0 Å². The maximum Gasteiger partial charge on any atom is 0.340 e. The van der Waals surface area contributed by atoms with Crippen molar-refractivity contribution in [1.29, 1.82) is 0 Å². The summed E-state index contributed by atoms with van der Waals surface area (Å²) in [5.74, 6) is -0.694. The Morgan fingerprint density at radius 1 is 1.33 bits per heavy atom. The molecule has 2 fully saturated rings. The molecule has 2 bridgehead atoms. The van der Waals surface area contributed by atoms with Crippen LogP contribution in [0.15, 0.2) is 30.3 Å². The van der Waals surface area contributed by atoms with E-state index in [-0.39, 0.29) is 40.8 Å². The lowest BCUT2D eigenvalue weighted by atomic mass is 10.0. The minimum Gasteiger partial charge on any atom is -0.459 e. The third kappa shape index (κ3) is 2.14. The van der Waals surface area contributed by atoms with Crippen LogP contribution in [-0.4, -0.2) is 41.1 Å². The summed E-state index contributed by atoms with van der Waals surface area (Å²) in [6.45, 7) is 0. The van der Waals surface area contributed by atoms with Gasteiger partial charge in [0.1, 0.15) is 6.10 Å². The second kappa shape index (κ2) is 4.88. The van der Waals surface area contributed by atoms with Gasteiger partial charge in [0.25, 0.3) is 0 Å². The van der Waals surface area contributed by atoms with Crippen molar-refractivity contribution in [2.45, 2.75) is 43.9 Å². The number of carbonyl (C=O) groups is 1. The molecule has 3 heterocycles. The molecule has 0 amide bonds. The second-order valence-electron chi connectivity index (χ2n) is 5.92. The van der Waals surface area contributed by atoms with Crippen molar-refractivity contribution in [3.8, 4) is 0 Å². The van der Waals surface area contributed by atoms with Crippen LogP contribution in [0, 0.1) is 0 Å². The molecule has 1 aromatic heterocycles. The van der Waals surface area contributed by atoms with Gasteiger partial charge in [-0.05, 0) is 25.9 Å². The van der Waals surface area contributed by atoms with Gasteiger partial charge in [-0.15, -0.1) is 0 Å². The van der Waals surface area contributed by atoms with Crippen LogP contribution < -0.4 is 0 Å². The van der Waals surface area contributed by atoms with E-state index in [2.05, 4.69) is 16.9 Å². The molecule has 1 aromatic carbocycles. The number of benzene rings is 1. The molecular formula is C17H20N2O2. The Bertz CT molecular complexity index is 899. The molecule has 110 valence electrons. The normalized spacial score (nSPS) is 32.2. The van der Waals surface area contributed by atoms with Gasteiger partial charge in [-0.1, -0.05) is 18.1 Å². The van der Waals surface area contributed by atoms with Crippen LogP contribution in [0.4, 0.5) is 0 Å². The number of ether oxygens (including phenoxy) is 1. The number of hydrogen-bond acceptors (Lipinski definition) is 3. The first kappa shape index (κ1) is 8.59. The number of nitrogens with zero attached hydrogens (tertiary/aromatic N) is 1. The Balaban J connectivity index is 1.69. The van der Waals surface area contributed by atoms with Crippen molar-refractivity contribution in [1.82, 2.24) is 9.88 Å². The number of aromatic amines is 1. The molecule has 0 aliphatic carbocycles. The first-order valence-corrected chi connectivity index (χ1v) is 7.31. The summed E-state index contributed by atoms with van der Waals surface area (Å²) in [4.78, 5) is 17.7. The van der Waals surface area contributed by atoms with E-state index in [9.17, 15) is 4.79 Å². The van der Waals surface area contributed by atoms with E-state index in [0.29, 0.717) is 12.1 Å². The summed E-state index contributed by atoms with van der Waals surface area (Å²) < 4.78 is 45.3. The Morgan fingerprint density at radius 2 is 2.05 bits per heavy atom. The number of nitrogens with one attached hydrogen (secondary N) is 1. The zero-order chi connectivity index (χ0) is 18.7. The van der Waals surface area contributed by atoms with Crippen LogP contribution in [0.25, 0.3) is 10.9 Å². The number of carbonyl (C=O) groups excluding carboxylic acids is 1.